The van der Waals surface area contributed by atoms with Gasteiger partial charge in [0.2, 0.25) is 10.0 Å². The normalized spacial score (nSPS) is 15.9. The zero-order valence-electron chi connectivity index (χ0n) is 15.7. The lowest BCUT2D eigenvalue weighted by atomic mass is 10.0. The number of ether oxygens (including phenoxy) is 1. The number of carbonyl (C=O) groups is 2. The Morgan fingerprint density at radius 2 is 1.79 bits per heavy atom. The third-order valence-corrected chi connectivity index (χ3v) is 7.59. The molecule has 150 valence electrons. The molecule has 9 heteroatoms. The Morgan fingerprint density at radius 3 is 2.39 bits per heavy atom. The average Bonchev–Trinajstić information content (AvgIpc) is 3.16. The molecule has 1 fully saturated rings. The number of anilines is 1. The van der Waals surface area contributed by atoms with Gasteiger partial charge >= 0.3 is 5.97 Å². The van der Waals surface area contributed by atoms with Gasteiger partial charge in [-0.25, -0.2) is 13.2 Å². The first-order valence-electron chi connectivity index (χ1n) is 8.90. The molecule has 28 heavy (non-hydrogen) atoms. The average molecular weight is 423 g/mol. The number of benzene rings is 1. The zero-order valence-corrected chi connectivity index (χ0v) is 17.3. The first-order chi connectivity index (χ1) is 13.3. The van der Waals surface area contributed by atoms with E-state index >= 15 is 0 Å². The first kappa shape index (κ1) is 20.5. The van der Waals surface area contributed by atoms with Crippen molar-refractivity contribution in [3.05, 3.63) is 46.2 Å². The lowest BCUT2D eigenvalue weighted by molar-refractivity contribution is 0.0607. The van der Waals surface area contributed by atoms with Gasteiger partial charge in [-0.15, -0.1) is 11.3 Å². The minimum atomic E-state index is -3.56. The Labute approximate surface area is 168 Å². The van der Waals surface area contributed by atoms with E-state index in [4.69, 9.17) is 0 Å². The molecular weight excluding hydrogens is 400 g/mol. The minimum Gasteiger partial charge on any atom is -0.465 e. The number of thiophene rings is 1. The number of nitrogens with zero attached hydrogens (tertiary/aromatic N) is 1. The highest BCUT2D eigenvalue weighted by atomic mass is 32.2. The predicted molar refractivity (Wildman–Crippen MR) is 107 cm³/mol. The SMILES string of the molecule is COC(=O)c1sccc1NC(=O)c1ccc(S(=O)(=O)N2CCC(C)CC2)cc1. The summed E-state index contributed by atoms with van der Waals surface area (Å²) in [5.41, 5.74) is 0.661. The molecule has 0 unspecified atom stereocenters. The third kappa shape index (κ3) is 4.26. The molecule has 1 N–H and O–H groups in total. The molecular formula is C19H22N2O5S2. The fourth-order valence-corrected chi connectivity index (χ4v) is 5.24. The van der Waals surface area contributed by atoms with Crippen molar-refractivity contribution in [1.29, 1.82) is 0 Å². The van der Waals surface area contributed by atoms with Gasteiger partial charge in [-0.05, 0) is 54.5 Å². The van der Waals surface area contributed by atoms with Gasteiger partial charge < -0.3 is 10.1 Å². The van der Waals surface area contributed by atoms with E-state index in [1.807, 2.05) is 0 Å². The van der Waals surface area contributed by atoms with E-state index in [-0.39, 0.29) is 4.90 Å². The summed E-state index contributed by atoms with van der Waals surface area (Å²) in [6, 6.07) is 7.44. The van der Waals surface area contributed by atoms with Crippen molar-refractivity contribution >= 4 is 38.9 Å². The summed E-state index contributed by atoms with van der Waals surface area (Å²) in [6.07, 6.45) is 1.70. The van der Waals surface area contributed by atoms with Crippen LogP contribution in [0.3, 0.4) is 0 Å². The fraction of sp³-hybridized carbons (Fsp3) is 0.368. The van der Waals surface area contributed by atoms with Crippen molar-refractivity contribution in [2.75, 3.05) is 25.5 Å². The van der Waals surface area contributed by atoms with E-state index in [9.17, 15) is 18.0 Å². The highest BCUT2D eigenvalue weighted by Crippen LogP contribution is 2.25. The van der Waals surface area contributed by atoms with Crippen LogP contribution in [-0.2, 0) is 14.8 Å². The number of rotatable bonds is 5. The van der Waals surface area contributed by atoms with E-state index in [1.54, 1.807) is 11.4 Å². The number of esters is 1. The van der Waals surface area contributed by atoms with Gasteiger partial charge in [0, 0.05) is 18.7 Å². The molecule has 2 heterocycles. The van der Waals surface area contributed by atoms with Gasteiger partial charge in [0.05, 0.1) is 17.7 Å². The van der Waals surface area contributed by atoms with Crippen LogP contribution in [0.25, 0.3) is 0 Å². The van der Waals surface area contributed by atoms with Crippen LogP contribution in [0.5, 0.6) is 0 Å². The Balaban J connectivity index is 1.73. The molecule has 1 aromatic heterocycles. The summed E-state index contributed by atoms with van der Waals surface area (Å²) in [6.45, 7) is 3.15. The number of hydrogen-bond acceptors (Lipinski definition) is 6. The second-order valence-electron chi connectivity index (χ2n) is 6.72. The molecule has 1 amide bonds. The van der Waals surface area contributed by atoms with Crippen molar-refractivity contribution < 1.29 is 22.7 Å². The van der Waals surface area contributed by atoms with Crippen LogP contribution in [0, 0.1) is 5.92 Å². The van der Waals surface area contributed by atoms with Crippen LogP contribution < -0.4 is 5.32 Å². The fourth-order valence-electron chi connectivity index (χ4n) is 3.01. The molecule has 0 spiro atoms. The number of hydrogen-bond donors (Lipinski definition) is 1. The topological polar surface area (TPSA) is 92.8 Å². The lowest BCUT2D eigenvalue weighted by Gasteiger charge is -2.29. The number of nitrogens with one attached hydrogen (secondary N) is 1. The Kier molecular flexibility index (Phi) is 6.17. The second kappa shape index (κ2) is 8.42. The standard InChI is InChI=1S/C19H22N2O5S2/c1-13-7-10-21(11-8-13)28(24,25)15-5-3-14(4-6-15)18(22)20-16-9-12-27-17(16)19(23)26-2/h3-6,9,12-13H,7-8,10-11H2,1-2H3,(H,20,22). The molecule has 0 radical (unpaired) electrons. The molecule has 1 aliphatic rings. The first-order valence-corrected chi connectivity index (χ1v) is 11.2. The lowest BCUT2D eigenvalue weighted by Crippen LogP contribution is -2.37. The summed E-state index contributed by atoms with van der Waals surface area (Å²) in [7, 11) is -2.28. The maximum absolute atomic E-state index is 12.8. The largest absolute Gasteiger partial charge is 0.465 e. The summed E-state index contributed by atoms with van der Waals surface area (Å²) >= 11 is 1.17. The van der Waals surface area contributed by atoms with E-state index in [0.717, 1.165) is 12.8 Å². The minimum absolute atomic E-state index is 0.171. The Hall–Kier alpha value is -2.23. The van der Waals surface area contributed by atoms with Crippen LogP contribution in [0.15, 0.2) is 40.6 Å². The quantitative estimate of drug-likeness (QED) is 0.747. The summed E-state index contributed by atoms with van der Waals surface area (Å²) in [5.74, 6) is -0.425. The van der Waals surface area contributed by atoms with Crippen molar-refractivity contribution in [1.82, 2.24) is 4.31 Å². The molecule has 3 rings (SSSR count). The number of piperidine rings is 1. The van der Waals surface area contributed by atoms with Gasteiger partial charge in [-0.2, -0.15) is 4.31 Å². The summed E-state index contributed by atoms with van der Waals surface area (Å²) in [5, 5.41) is 4.34. The smallest absolute Gasteiger partial charge is 0.350 e. The molecule has 0 bridgehead atoms. The molecule has 7 nitrogen and oxygen atoms in total. The van der Waals surface area contributed by atoms with E-state index < -0.39 is 21.9 Å². The predicted octanol–water partition coefficient (Wildman–Crippen LogP) is 3.21. The summed E-state index contributed by atoms with van der Waals surface area (Å²) < 4.78 is 31.7. The van der Waals surface area contributed by atoms with Crippen LogP contribution >= 0.6 is 11.3 Å². The zero-order chi connectivity index (χ0) is 20.3. The number of carbonyl (C=O) groups excluding carboxylic acids is 2. The number of sulfonamides is 1. The highest BCUT2D eigenvalue weighted by Gasteiger charge is 2.28. The Morgan fingerprint density at radius 1 is 1.14 bits per heavy atom. The Bertz CT molecular complexity index is 958. The molecule has 1 aliphatic heterocycles. The van der Waals surface area contributed by atoms with Crippen molar-refractivity contribution in [3.8, 4) is 0 Å². The summed E-state index contributed by atoms with van der Waals surface area (Å²) in [4.78, 5) is 24.6. The number of amides is 1. The van der Waals surface area contributed by atoms with Crippen LogP contribution in [0.4, 0.5) is 5.69 Å². The van der Waals surface area contributed by atoms with Crippen LogP contribution in [-0.4, -0.2) is 44.8 Å². The maximum atomic E-state index is 12.8. The van der Waals surface area contributed by atoms with Crippen molar-refractivity contribution in [3.63, 3.8) is 0 Å². The van der Waals surface area contributed by atoms with Gasteiger partial charge in [0.15, 0.2) is 0 Å². The molecule has 0 aliphatic carbocycles. The van der Waals surface area contributed by atoms with Gasteiger partial charge in [0.25, 0.3) is 5.91 Å². The third-order valence-electron chi connectivity index (χ3n) is 4.78. The molecule has 0 atom stereocenters. The number of methoxy groups -OCH3 is 1. The highest BCUT2D eigenvalue weighted by molar-refractivity contribution is 7.89. The van der Waals surface area contributed by atoms with Gasteiger partial charge in [-0.1, -0.05) is 6.92 Å². The molecule has 1 saturated heterocycles. The van der Waals surface area contributed by atoms with Crippen LogP contribution in [0.2, 0.25) is 0 Å². The van der Waals surface area contributed by atoms with Crippen LogP contribution in [0.1, 0.15) is 39.8 Å². The van der Waals surface area contributed by atoms with Crippen molar-refractivity contribution in [2.24, 2.45) is 5.92 Å². The van der Waals surface area contributed by atoms with Gasteiger partial charge in [-0.3, -0.25) is 4.79 Å². The van der Waals surface area contributed by atoms with Gasteiger partial charge in [0.1, 0.15) is 4.88 Å². The van der Waals surface area contributed by atoms with E-state index in [1.165, 1.54) is 47.0 Å². The second-order valence-corrected chi connectivity index (χ2v) is 9.57. The molecule has 2 aromatic rings. The maximum Gasteiger partial charge on any atom is 0.350 e. The van der Waals surface area contributed by atoms with E-state index in [0.29, 0.717) is 35.1 Å². The van der Waals surface area contributed by atoms with Crippen molar-refractivity contribution in [2.45, 2.75) is 24.7 Å². The molecule has 0 saturated carbocycles. The monoisotopic (exact) mass is 422 g/mol. The molecule has 1 aromatic carbocycles. The van der Waals surface area contributed by atoms with E-state index in [2.05, 4.69) is 17.0 Å².